The lowest BCUT2D eigenvalue weighted by Crippen LogP contribution is -2.28. The molecule has 5 nitrogen and oxygen atoms in total. The van der Waals surface area contributed by atoms with E-state index in [9.17, 15) is 5.11 Å². The molecule has 1 saturated heterocycles. The summed E-state index contributed by atoms with van der Waals surface area (Å²) in [5, 5.41) is 24.5. The fraction of sp³-hybridized carbons (Fsp3) is 0.750. The lowest BCUT2D eigenvalue weighted by atomic mass is 10.2. The monoisotopic (exact) mass is 215 g/mol. The van der Waals surface area contributed by atoms with E-state index in [1.54, 1.807) is 29.3 Å². The highest BCUT2D eigenvalue weighted by Crippen LogP contribution is 2.35. The summed E-state index contributed by atoms with van der Waals surface area (Å²) in [4.78, 5) is 4.07. The first-order valence-electron chi connectivity index (χ1n) is 4.56. The van der Waals surface area contributed by atoms with Gasteiger partial charge in [0, 0.05) is 12.6 Å². The summed E-state index contributed by atoms with van der Waals surface area (Å²) in [7, 11) is 0. The van der Waals surface area contributed by atoms with E-state index in [0.29, 0.717) is 13.0 Å². The Bertz CT molecular complexity index is 247. The van der Waals surface area contributed by atoms with Gasteiger partial charge in [-0.25, -0.2) is 5.01 Å². The van der Waals surface area contributed by atoms with Crippen LogP contribution in [0.3, 0.4) is 0 Å². The molecule has 6 heteroatoms. The summed E-state index contributed by atoms with van der Waals surface area (Å²) < 4.78 is 0. The second-order valence-electron chi connectivity index (χ2n) is 3.27. The number of rotatable bonds is 2. The molecular formula is C8H13N3O2S. The van der Waals surface area contributed by atoms with Gasteiger partial charge < -0.3 is 10.2 Å². The van der Waals surface area contributed by atoms with E-state index in [1.165, 1.54) is 0 Å². The number of aliphatic hydroxyl groups excluding tert-OH is 2. The van der Waals surface area contributed by atoms with Gasteiger partial charge in [-0.15, -0.1) is 11.8 Å². The van der Waals surface area contributed by atoms with E-state index in [1.807, 2.05) is 0 Å². The molecule has 0 aromatic carbocycles. The third-order valence-electron chi connectivity index (χ3n) is 2.28. The zero-order chi connectivity index (χ0) is 9.97. The number of hydrogen-bond acceptors (Lipinski definition) is 6. The molecule has 3 atom stereocenters. The van der Waals surface area contributed by atoms with Gasteiger partial charge in [-0.3, -0.25) is 4.99 Å². The number of nitrogens with zero attached hydrogens (tertiary/aromatic N) is 3. The maximum Gasteiger partial charge on any atom is 0.108 e. The number of hydrogen-bond donors (Lipinski definition) is 2. The Morgan fingerprint density at radius 2 is 2.43 bits per heavy atom. The first-order valence-corrected chi connectivity index (χ1v) is 5.50. The van der Waals surface area contributed by atoms with Gasteiger partial charge in [-0.1, -0.05) is 0 Å². The quantitative estimate of drug-likeness (QED) is 0.651. The highest BCUT2D eigenvalue weighted by Gasteiger charge is 2.36. The molecule has 0 unspecified atom stereocenters. The molecule has 0 aromatic heterocycles. The summed E-state index contributed by atoms with van der Waals surface area (Å²) in [6.07, 6.45) is 3.60. The van der Waals surface area contributed by atoms with E-state index in [-0.39, 0.29) is 17.2 Å². The van der Waals surface area contributed by atoms with Gasteiger partial charge >= 0.3 is 0 Å². The molecule has 0 bridgehead atoms. The third kappa shape index (κ3) is 1.92. The molecule has 0 spiro atoms. The van der Waals surface area contributed by atoms with Crippen LogP contribution >= 0.6 is 11.8 Å². The summed E-state index contributed by atoms with van der Waals surface area (Å²) >= 11 is 1.55. The van der Waals surface area contributed by atoms with Crippen LogP contribution in [0.25, 0.3) is 0 Å². The maximum atomic E-state index is 9.59. The average Bonchev–Trinajstić information content (AvgIpc) is 2.61. The van der Waals surface area contributed by atoms with Crippen molar-refractivity contribution in [2.24, 2.45) is 10.1 Å². The Morgan fingerprint density at radius 3 is 3.00 bits per heavy atom. The number of aliphatic hydroxyl groups is 2. The first kappa shape index (κ1) is 9.95. The zero-order valence-corrected chi connectivity index (χ0v) is 8.47. The van der Waals surface area contributed by atoms with E-state index in [2.05, 4.69) is 10.1 Å². The fourth-order valence-corrected chi connectivity index (χ4v) is 2.85. The van der Waals surface area contributed by atoms with Crippen molar-refractivity contribution in [3.8, 4) is 0 Å². The van der Waals surface area contributed by atoms with Crippen LogP contribution in [-0.4, -0.2) is 57.7 Å². The minimum atomic E-state index is -0.444. The number of hydrazone groups is 1. The highest BCUT2D eigenvalue weighted by atomic mass is 32.2. The van der Waals surface area contributed by atoms with E-state index in [4.69, 9.17) is 5.11 Å². The average molecular weight is 215 g/mol. The largest absolute Gasteiger partial charge is 0.395 e. The van der Waals surface area contributed by atoms with Gasteiger partial charge in [0.25, 0.3) is 0 Å². The van der Waals surface area contributed by atoms with Gasteiger partial charge in [-0.05, 0) is 0 Å². The van der Waals surface area contributed by atoms with Crippen molar-refractivity contribution in [2.45, 2.75) is 23.1 Å². The van der Waals surface area contributed by atoms with Crippen LogP contribution in [0.1, 0.15) is 6.42 Å². The van der Waals surface area contributed by atoms with Crippen molar-refractivity contribution in [1.82, 2.24) is 5.01 Å². The molecule has 2 N–H and O–H groups in total. The zero-order valence-electron chi connectivity index (χ0n) is 7.65. The number of thioether (sulfide) groups is 1. The Kier molecular flexibility index (Phi) is 3.05. The van der Waals surface area contributed by atoms with Gasteiger partial charge in [0.15, 0.2) is 0 Å². The minimum Gasteiger partial charge on any atom is -0.395 e. The summed E-state index contributed by atoms with van der Waals surface area (Å²) in [5.74, 6) is 0. The molecule has 0 radical (unpaired) electrons. The Hall–Kier alpha value is -0.590. The molecule has 2 heterocycles. The normalized spacial score (nSPS) is 36.7. The summed E-state index contributed by atoms with van der Waals surface area (Å²) in [6.45, 7) is 0.636. The molecule has 0 saturated carbocycles. The molecule has 2 rings (SSSR count). The standard InChI is InChI=1S/C8H13N3O2S/c12-4-7-6(13)3-8(14-7)11-5-9-1-2-10-11/h2,5-8,12-13H,1,3-4H2/t6-,7+,8-/m0/s1. The first-order chi connectivity index (χ1) is 6.81. The topological polar surface area (TPSA) is 68.4 Å². The molecule has 14 heavy (non-hydrogen) atoms. The van der Waals surface area contributed by atoms with Crippen LogP contribution in [0.4, 0.5) is 0 Å². The molecular weight excluding hydrogens is 202 g/mol. The van der Waals surface area contributed by atoms with Crippen LogP contribution in [0.5, 0.6) is 0 Å². The highest BCUT2D eigenvalue weighted by molar-refractivity contribution is 8.00. The molecule has 2 aliphatic heterocycles. The minimum absolute atomic E-state index is 0.0109. The van der Waals surface area contributed by atoms with Gasteiger partial charge in [0.1, 0.15) is 11.7 Å². The lowest BCUT2D eigenvalue weighted by molar-refractivity contribution is 0.134. The molecule has 2 aliphatic rings. The smallest absolute Gasteiger partial charge is 0.108 e. The van der Waals surface area contributed by atoms with Gasteiger partial charge in [0.05, 0.1) is 24.5 Å². The van der Waals surface area contributed by atoms with E-state index >= 15 is 0 Å². The second-order valence-corrected chi connectivity index (χ2v) is 4.70. The summed E-state index contributed by atoms with van der Waals surface area (Å²) in [5.41, 5.74) is 0. The van der Waals surface area contributed by atoms with E-state index < -0.39 is 6.10 Å². The third-order valence-corrected chi connectivity index (χ3v) is 3.82. The molecule has 78 valence electrons. The van der Waals surface area contributed by atoms with Crippen LogP contribution < -0.4 is 0 Å². The molecule has 0 amide bonds. The second kappa shape index (κ2) is 4.29. The van der Waals surface area contributed by atoms with Crippen LogP contribution in [0.2, 0.25) is 0 Å². The van der Waals surface area contributed by atoms with Crippen LogP contribution in [0, 0.1) is 0 Å². The fourth-order valence-electron chi connectivity index (χ4n) is 1.53. The summed E-state index contributed by atoms with van der Waals surface area (Å²) in [6, 6.07) is 0. The van der Waals surface area contributed by atoms with Crippen molar-refractivity contribution in [3.63, 3.8) is 0 Å². The molecule has 1 fully saturated rings. The van der Waals surface area contributed by atoms with Crippen molar-refractivity contribution in [2.75, 3.05) is 13.2 Å². The van der Waals surface area contributed by atoms with Crippen molar-refractivity contribution in [1.29, 1.82) is 0 Å². The Balaban J connectivity index is 1.97. The predicted octanol–water partition coefficient (Wildman–Crippen LogP) is -0.499. The maximum absolute atomic E-state index is 9.59. The van der Waals surface area contributed by atoms with Crippen molar-refractivity contribution in [3.05, 3.63) is 0 Å². The van der Waals surface area contributed by atoms with Crippen LogP contribution in [-0.2, 0) is 0 Å². The molecule has 0 aliphatic carbocycles. The lowest BCUT2D eigenvalue weighted by Gasteiger charge is -2.21. The van der Waals surface area contributed by atoms with E-state index in [0.717, 1.165) is 0 Å². The Morgan fingerprint density at radius 1 is 1.57 bits per heavy atom. The van der Waals surface area contributed by atoms with Gasteiger partial charge in [-0.2, -0.15) is 5.10 Å². The van der Waals surface area contributed by atoms with Crippen molar-refractivity contribution < 1.29 is 10.2 Å². The van der Waals surface area contributed by atoms with Crippen molar-refractivity contribution >= 4 is 24.3 Å². The predicted molar refractivity (Wildman–Crippen MR) is 56.6 cm³/mol. The SMILES string of the molecule is OC[C@H]1S[C@H](N2C=NCC=N2)C[C@@H]1O. The Labute approximate surface area is 86.5 Å². The molecule has 0 aromatic rings. The van der Waals surface area contributed by atoms with Gasteiger partial charge in [0.2, 0.25) is 0 Å². The van der Waals surface area contributed by atoms with Crippen LogP contribution in [0.15, 0.2) is 10.1 Å². The number of aliphatic imine (C=N–C) groups is 1.